The minimum atomic E-state index is -0.610. The number of aliphatic hydroxyl groups excluding tert-OH is 1. The molecule has 0 bridgehead atoms. The van der Waals surface area contributed by atoms with Crippen molar-refractivity contribution in [2.45, 2.75) is 51.6 Å². The molecule has 1 unspecified atom stereocenters. The van der Waals surface area contributed by atoms with Gasteiger partial charge in [-0.15, -0.1) is 0 Å². The molecule has 2 fully saturated rings. The van der Waals surface area contributed by atoms with Crippen LogP contribution < -0.4 is 4.74 Å². The number of ether oxygens (including phenoxy) is 1. The largest absolute Gasteiger partial charge is 0.507 e. The lowest BCUT2D eigenvalue weighted by Gasteiger charge is -2.31. The number of carbonyl (C=O) groups is 2. The molecule has 5 heteroatoms. The predicted molar refractivity (Wildman–Crippen MR) is 115 cm³/mol. The lowest BCUT2D eigenvalue weighted by Crippen LogP contribution is -2.37. The molecule has 1 atom stereocenters. The van der Waals surface area contributed by atoms with Gasteiger partial charge < -0.3 is 14.7 Å². The van der Waals surface area contributed by atoms with Crippen LogP contribution >= 0.6 is 0 Å². The molecule has 2 aromatic rings. The van der Waals surface area contributed by atoms with Crippen LogP contribution in [0.2, 0.25) is 0 Å². The van der Waals surface area contributed by atoms with E-state index in [4.69, 9.17) is 4.74 Å². The van der Waals surface area contributed by atoms with Crippen LogP contribution in [0, 0.1) is 13.8 Å². The number of rotatable bonds is 4. The van der Waals surface area contributed by atoms with Gasteiger partial charge in [-0.1, -0.05) is 42.7 Å². The van der Waals surface area contributed by atoms with E-state index < -0.39 is 17.7 Å². The zero-order valence-electron chi connectivity index (χ0n) is 17.6. The summed E-state index contributed by atoms with van der Waals surface area (Å²) in [5, 5.41) is 11.3. The highest BCUT2D eigenvalue weighted by Crippen LogP contribution is 2.44. The van der Waals surface area contributed by atoms with E-state index in [2.05, 4.69) is 0 Å². The topological polar surface area (TPSA) is 66.8 Å². The summed E-state index contributed by atoms with van der Waals surface area (Å²) < 4.78 is 5.26. The van der Waals surface area contributed by atoms with E-state index in [-0.39, 0.29) is 17.4 Å². The molecule has 1 aliphatic heterocycles. The molecule has 1 saturated heterocycles. The molecule has 1 N–H and O–H groups in total. The summed E-state index contributed by atoms with van der Waals surface area (Å²) in [5.74, 6) is -0.530. The molecular formula is C25H27NO4. The van der Waals surface area contributed by atoms with Crippen molar-refractivity contribution in [2.24, 2.45) is 0 Å². The van der Waals surface area contributed by atoms with Crippen LogP contribution in [0.25, 0.3) is 5.76 Å². The summed E-state index contributed by atoms with van der Waals surface area (Å²) in [6, 6.07) is 12.5. The molecule has 4 rings (SSSR count). The maximum atomic E-state index is 13.2. The third kappa shape index (κ3) is 3.38. The van der Waals surface area contributed by atoms with Crippen LogP contribution in [0.1, 0.15) is 54.0 Å². The second kappa shape index (κ2) is 7.98. The first-order valence-corrected chi connectivity index (χ1v) is 10.4. The minimum absolute atomic E-state index is 0.0115. The number of amides is 1. The van der Waals surface area contributed by atoms with Gasteiger partial charge in [0.15, 0.2) is 0 Å². The van der Waals surface area contributed by atoms with Crippen LogP contribution in [-0.4, -0.2) is 34.8 Å². The summed E-state index contributed by atoms with van der Waals surface area (Å²) in [6.07, 6.45) is 3.84. The van der Waals surface area contributed by atoms with Gasteiger partial charge in [0.1, 0.15) is 11.5 Å². The number of hydrogen-bond donors (Lipinski definition) is 1. The Morgan fingerprint density at radius 1 is 1.03 bits per heavy atom. The number of likely N-dealkylation sites (tertiary alicyclic amines) is 1. The number of aliphatic hydroxyl groups is 1. The Kier molecular flexibility index (Phi) is 5.37. The van der Waals surface area contributed by atoms with Crippen molar-refractivity contribution in [1.29, 1.82) is 0 Å². The lowest BCUT2D eigenvalue weighted by molar-refractivity contribution is -0.141. The van der Waals surface area contributed by atoms with Crippen molar-refractivity contribution in [3.8, 4) is 5.75 Å². The van der Waals surface area contributed by atoms with E-state index >= 15 is 0 Å². The normalized spacial score (nSPS) is 21.4. The molecule has 2 aromatic carbocycles. The van der Waals surface area contributed by atoms with Crippen LogP contribution in [0.5, 0.6) is 5.75 Å². The maximum absolute atomic E-state index is 13.2. The van der Waals surface area contributed by atoms with Crippen molar-refractivity contribution < 1.29 is 19.4 Å². The number of ketones is 1. The van der Waals surface area contributed by atoms with Crippen LogP contribution in [0.15, 0.2) is 48.0 Å². The Balaban J connectivity index is 1.90. The summed E-state index contributed by atoms with van der Waals surface area (Å²) in [7, 11) is 1.60. The zero-order valence-corrected chi connectivity index (χ0v) is 17.6. The molecule has 0 aromatic heterocycles. The number of aryl methyl sites for hydroxylation is 2. The fourth-order valence-electron chi connectivity index (χ4n) is 4.66. The quantitative estimate of drug-likeness (QED) is 0.456. The van der Waals surface area contributed by atoms with Crippen LogP contribution in [-0.2, 0) is 9.59 Å². The van der Waals surface area contributed by atoms with E-state index in [0.717, 1.165) is 42.4 Å². The van der Waals surface area contributed by atoms with Gasteiger partial charge in [0.05, 0.1) is 18.7 Å². The molecule has 1 aliphatic carbocycles. The Labute approximate surface area is 177 Å². The van der Waals surface area contributed by atoms with Gasteiger partial charge in [-0.05, 0) is 56.0 Å². The van der Waals surface area contributed by atoms with E-state index in [1.54, 1.807) is 12.0 Å². The van der Waals surface area contributed by atoms with Crippen LogP contribution in [0.3, 0.4) is 0 Å². The molecule has 5 nitrogen and oxygen atoms in total. The van der Waals surface area contributed by atoms with Gasteiger partial charge in [0.2, 0.25) is 0 Å². The molecule has 30 heavy (non-hydrogen) atoms. The first-order valence-electron chi connectivity index (χ1n) is 10.4. The Morgan fingerprint density at radius 3 is 2.33 bits per heavy atom. The summed E-state index contributed by atoms with van der Waals surface area (Å²) in [4.78, 5) is 28.0. The van der Waals surface area contributed by atoms with E-state index in [9.17, 15) is 14.7 Å². The SMILES string of the molecule is COc1ccc(C2/C(=C(\O)c3cc(C)ccc3C)C(=O)C(=O)N2C2CCCC2)cc1. The number of nitrogens with zero attached hydrogens (tertiary/aromatic N) is 1. The fraction of sp³-hybridized carbons (Fsp3) is 0.360. The molecule has 156 valence electrons. The number of carbonyl (C=O) groups excluding carboxylic acids is 2. The first kappa shape index (κ1) is 20.2. The van der Waals surface area contributed by atoms with Gasteiger partial charge in [-0.3, -0.25) is 9.59 Å². The van der Waals surface area contributed by atoms with Crippen LogP contribution in [0.4, 0.5) is 0 Å². The Bertz CT molecular complexity index is 1020. The summed E-state index contributed by atoms with van der Waals surface area (Å²) in [6.45, 7) is 3.83. The number of benzene rings is 2. The third-order valence-corrected chi connectivity index (χ3v) is 6.28. The van der Waals surface area contributed by atoms with Gasteiger partial charge in [0.25, 0.3) is 11.7 Å². The smallest absolute Gasteiger partial charge is 0.295 e. The number of Topliss-reactive ketones (excluding diaryl/α,β-unsaturated/α-hetero) is 1. The highest BCUT2D eigenvalue weighted by Gasteiger charge is 2.49. The zero-order chi connectivity index (χ0) is 21.4. The number of hydrogen-bond acceptors (Lipinski definition) is 4. The molecule has 1 saturated carbocycles. The monoisotopic (exact) mass is 405 g/mol. The second-order valence-electron chi connectivity index (χ2n) is 8.24. The average Bonchev–Trinajstić information content (AvgIpc) is 3.36. The molecule has 0 spiro atoms. The van der Waals surface area contributed by atoms with Gasteiger partial charge in [-0.2, -0.15) is 0 Å². The van der Waals surface area contributed by atoms with Crippen molar-refractivity contribution in [3.05, 3.63) is 70.3 Å². The maximum Gasteiger partial charge on any atom is 0.295 e. The Morgan fingerprint density at radius 2 is 1.70 bits per heavy atom. The molecule has 0 radical (unpaired) electrons. The molecular weight excluding hydrogens is 378 g/mol. The Hall–Kier alpha value is -3.08. The minimum Gasteiger partial charge on any atom is -0.507 e. The van der Waals surface area contributed by atoms with Crippen molar-refractivity contribution in [1.82, 2.24) is 4.90 Å². The highest BCUT2D eigenvalue weighted by molar-refractivity contribution is 6.46. The van der Waals surface area contributed by atoms with E-state index in [1.807, 2.05) is 56.3 Å². The predicted octanol–water partition coefficient (Wildman–Crippen LogP) is 4.68. The third-order valence-electron chi connectivity index (χ3n) is 6.28. The fourth-order valence-corrected chi connectivity index (χ4v) is 4.66. The molecule has 2 aliphatic rings. The highest BCUT2D eigenvalue weighted by atomic mass is 16.5. The van der Waals surface area contributed by atoms with Crippen molar-refractivity contribution in [2.75, 3.05) is 7.11 Å². The average molecular weight is 405 g/mol. The molecule has 1 amide bonds. The van der Waals surface area contributed by atoms with Gasteiger partial charge in [0, 0.05) is 11.6 Å². The lowest BCUT2D eigenvalue weighted by atomic mass is 9.93. The first-order chi connectivity index (χ1) is 14.4. The summed E-state index contributed by atoms with van der Waals surface area (Å²) >= 11 is 0. The van der Waals surface area contributed by atoms with Crippen molar-refractivity contribution >= 4 is 17.4 Å². The van der Waals surface area contributed by atoms with Gasteiger partial charge >= 0.3 is 0 Å². The van der Waals surface area contributed by atoms with Gasteiger partial charge in [-0.25, -0.2) is 0 Å². The number of methoxy groups -OCH3 is 1. The summed E-state index contributed by atoms with van der Waals surface area (Å²) in [5.41, 5.74) is 3.41. The second-order valence-corrected chi connectivity index (χ2v) is 8.24. The van der Waals surface area contributed by atoms with E-state index in [0.29, 0.717) is 11.3 Å². The van der Waals surface area contributed by atoms with Crippen molar-refractivity contribution in [3.63, 3.8) is 0 Å². The van der Waals surface area contributed by atoms with E-state index in [1.165, 1.54) is 0 Å². The molecule has 1 heterocycles. The standard InChI is InChI=1S/C25H27NO4/c1-15-8-9-16(2)20(14-15)23(27)21-22(17-10-12-19(30-3)13-11-17)26(25(29)24(21)28)18-6-4-5-7-18/h8-14,18,22,27H,4-7H2,1-3H3/b23-21+.